The largest absolute Gasteiger partial charge is 0.489 e. The Morgan fingerprint density at radius 2 is 1.77 bits per heavy atom. The van der Waals surface area contributed by atoms with Gasteiger partial charge in [0.2, 0.25) is 5.76 Å². The fourth-order valence-electron chi connectivity index (χ4n) is 4.69. The molecule has 1 aliphatic heterocycles. The van der Waals surface area contributed by atoms with E-state index in [4.69, 9.17) is 9.15 Å². The van der Waals surface area contributed by atoms with E-state index in [1.807, 2.05) is 56.3 Å². The number of furan rings is 1. The number of benzene rings is 2. The fraction of sp³-hybridized carbons (Fsp3) is 0.194. The van der Waals surface area contributed by atoms with Crippen LogP contribution < -0.4 is 10.1 Å². The Bertz CT molecular complexity index is 1630. The lowest BCUT2D eigenvalue weighted by molar-refractivity contribution is -0.123. The number of aryl methyl sites for hydroxylation is 2. The summed E-state index contributed by atoms with van der Waals surface area (Å²) in [7, 11) is 1.24. The molecule has 40 heavy (non-hydrogen) atoms. The third-order valence-corrected chi connectivity index (χ3v) is 6.68. The quantitative estimate of drug-likeness (QED) is 0.181. The third kappa shape index (κ3) is 5.40. The second-order valence-electron chi connectivity index (χ2n) is 9.57. The Morgan fingerprint density at radius 3 is 2.50 bits per heavy atom. The molecule has 1 aliphatic rings. The molecule has 0 bridgehead atoms. The third-order valence-electron chi connectivity index (χ3n) is 6.68. The van der Waals surface area contributed by atoms with Gasteiger partial charge in [0.25, 0.3) is 5.91 Å². The van der Waals surface area contributed by atoms with Crippen LogP contribution in [-0.2, 0) is 22.7 Å². The van der Waals surface area contributed by atoms with Crippen LogP contribution in [0.25, 0.3) is 11.8 Å². The molecule has 0 aliphatic carbocycles. The van der Waals surface area contributed by atoms with Crippen molar-refractivity contribution in [3.05, 3.63) is 112 Å². The molecule has 9 nitrogen and oxygen atoms in total. The number of nitrogens with one attached hydrogen (secondary N) is 1. The number of amides is 3. The number of hydrogen-bond acceptors (Lipinski definition) is 6. The number of ether oxygens (including phenoxy) is 2. The molecule has 0 atom stereocenters. The molecule has 0 radical (unpaired) electrons. The summed E-state index contributed by atoms with van der Waals surface area (Å²) in [6.07, 6.45) is 1.67. The highest BCUT2D eigenvalue weighted by Gasteiger charge is 2.34. The maximum atomic E-state index is 13.0. The molecule has 4 aromatic rings. The van der Waals surface area contributed by atoms with Crippen LogP contribution in [-0.4, -0.2) is 34.5 Å². The van der Waals surface area contributed by atoms with E-state index in [0.29, 0.717) is 6.61 Å². The van der Waals surface area contributed by atoms with Crippen LogP contribution in [0.5, 0.6) is 5.75 Å². The number of carbonyl (C=O) groups excluding carboxylic acids is 3. The molecule has 0 spiro atoms. The predicted molar refractivity (Wildman–Crippen MR) is 148 cm³/mol. The first kappa shape index (κ1) is 26.6. The number of urea groups is 1. The minimum absolute atomic E-state index is 0.00127. The lowest BCUT2D eigenvalue weighted by atomic mass is 10.1. The summed E-state index contributed by atoms with van der Waals surface area (Å²) in [5.41, 5.74) is 6.09. The van der Waals surface area contributed by atoms with Gasteiger partial charge >= 0.3 is 12.0 Å². The molecule has 204 valence electrons. The minimum atomic E-state index is -0.635. The van der Waals surface area contributed by atoms with E-state index >= 15 is 0 Å². The van der Waals surface area contributed by atoms with Crippen molar-refractivity contribution in [1.29, 1.82) is 0 Å². The molecule has 1 saturated heterocycles. The molecule has 3 heterocycles. The lowest BCUT2D eigenvalue weighted by Crippen LogP contribution is -2.30. The van der Waals surface area contributed by atoms with Gasteiger partial charge in [-0.3, -0.25) is 9.69 Å². The molecular formula is C31H29N3O6. The van der Waals surface area contributed by atoms with Gasteiger partial charge in [-0.25, -0.2) is 9.59 Å². The van der Waals surface area contributed by atoms with Crippen LogP contribution in [0.4, 0.5) is 4.79 Å². The van der Waals surface area contributed by atoms with Crippen LogP contribution in [0.2, 0.25) is 0 Å². The average molecular weight is 540 g/mol. The molecule has 5 rings (SSSR count). The number of imide groups is 1. The first-order valence-corrected chi connectivity index (χ1v) is 12.7. The van der Waals surface area contributed by atoms with Crippen LogP contribution in [0.15, 0.2) is 76.8 Å². The van der Waals surface area contributed by atoms with Crippen molar-refractivity contribution in [2.45, 2.75) is 33.9 Å². The summed E-state index contributed by atoms with van der Waals surface area (Å²) in [5, 5.41) is 2.64. The Balaban J connectivity index is 1.30. The van der Waals surface area contributed by atoms with Crippen molar-refractivity contribution in [3.63, 3.8) is 0 Å². The van der Waals surface area contributed by atoms with Gasteiger partial charge in [-0.15, -0.1) is 0 Å². The van der Waals surface area contributed by atoms with Crippen molar-refractivity contribution < 1.29 is 28.3 Å². The van der Waals surface area contributed by atoms with Crippen LogP contribution in [0.3, 0.4) is 0 Å². The predicted octanol–water partition coefficient (Wildman–Crippen LogP) is 5.45. The summed E-state index contributed by atoms with van der Waals surface area (Å²) in [5.74, 6) is -0.0669. The molecule has 1 N–H and O–H groups in total. The first-order chi connectivity index (χ1) is 19.2. The highest BCUT2D eigenvalue weighted by molar-refractivity contribution is 6.14. The van der Waals surface area contributed by atoms with Gasteiger partial charge in [-0.05, 0) is 80.4 Å². The van der Waals surface area contributed by atoms with E-state index in [0.717, 1.165) is 38.9 Å². The van der Waals surface area contributed by atoms with E-state index in [-0.39, 0.29) is 23.8 Å². The van der Waals surface area contributed by atoms with Gasteiger partial charge in [-0.1, -0.05) is 29.8 Å². The van der Waals surface area contributed by atoms with Gasteiger partial charge < -0.3 is 23.8 Å². The molecule has 3 amide bonds. The number of rotatable bonds is 8. The second kappa shape index (κ2) is 11.0. The smallest absolute Gasteiger partial charge is 0.373 e. The number of esters is 1. The SMILES string of the molecule is COC(=O)c1ccc(CN2C(=O)N/C(=C\c3cc(C)n(-c4ccc(OCc5cccc(C)c5)cc4)c3C)C2=O)o1. The van der Waals surface area contributed by atoms with Gasteiger partial charge in [-0.2, -0.15) is 0 Å². The zero-order valence-corrected chi connectivity index (χ0v) is 22.7. The molecule has 0 unspecified atom stereocenters. The van der Waals surface area contributed by atoms with Gasteiger partial charge in [0.15, 0.2) is 0 Å². The van der Waals surface area contributed by atoms with Crippen molar-refractivity contribution in [3.8, 4) is 11.4 Å². The van der Waals surface area contributed by atoms with Gasteiger partial charge in [0, 0.05) is 17.1 Å². The van der Waals surface area contributed by atoms with Crippen molar-refractivity contribution in [2.24, 2.45) is 0 Å². The summed E-state index contributed by atoms with van der Waals surface area (Å²) in [4.78, 5) is 38.3. The standard InChI is InChI=1S/C31H29N3O6/c1-19-6-5-7-22(14-19)18-39-25-10-8-24(9-11-25)34-20(2)15-23(21(34)3)16-27-29(35)33(31(37)32-27)17-26-12-13-28(40-26)30(36)38-4/h5-16H,17-18H2,1-4H3,(H,32,37)/b27-16-. The van der Waals surface area contributed by atoms with Crippen molar-refractivity contribution in [1.82, 2.24) is 14.8 Å². The van der Waals surface area contributed by atoms with E-state index in [1.165, 1.54) is 24.8 Å². The number of hydrogen-bond donors (Lipinski definition) is 1. The van der Waals surface area contributed by atoms with Gasteiger partial charge in [0.1, 0.15) is 23.8 Å². The molecule has 1 fully saturated rings. The average Bonchev–Trinajstić information content (AvgIpc) is 3.60. The van der Waals surface area contributed by atoms with E-state index in [9.17, 15) is 14.4 Å². The normalized spacial score (nSPS) is 14.1. The monoisotopic (exact) mass is 539 g/mol. The first-order valence-electron chi connectivity index (χ1n) is 12.7. The Morgan fingerprint density at radius 1 is 1.00 bits per heavy atom. The number of methoxy groups -OCH3 is 1. The van der Waals surface area contributed by atoms with E-state index < -0.39 is 17.9 Å². The maximum Gasteiger partial charge on any atom is 0.373 e. The highest BCUT2D eigenvalue weighted by Crippen LogP contribution is 2.26. The number of carbonyl (C=O) groups is 3. The topological polar surface area (TPSA) is 103 Å². The van der Waals surface area contributed by atoms with E-state index in [1.54, 1.807) is 6.08 Å². The fourth-order valence-corrected chi connectivity index (χ4v) is 4.69. The second-order valence-corrected chi connectivity index (χ2v) is 9.57. The van der Waals surface area contributed by atoms with E-state index in [2.05, 4.69) is 33.7 Å². The summed E-state index contributed by atoms with van der Waals surface area (Å²) < 4.78 is 18.1. The Labute approximate surface area is 231 Å². The highest BCUT2D eigenvalue weighted by atomic mass is 16.5. The Kier molecular flexibility index (Phi) is 7.29. The number of nitrogens with zero attached hydrogens (tertiary/aromatic N) is 2. The summed E-state index contributed by atoms with van der Waals surface area (Å²) >= 11 is 0. The minimum Gasteiger partial charge on any atom is -0.489 e. The summed E-state index contributed by atoms with van der Waals surface area (Å²) in [6, 6.07) is 20.4. The molecular weight excluding hydrogens is 510 g/mol. The Hall–Kier alpha value is -5.05. The lowest BCUT2D eigenvalue weighted by Gasteiger charge is -2.12. The molecule has 2 aromatic carbocycles. The molecule has 9 heteroatoms. The van der Waals surface area contributed by atoms with Crippen LogP contribution in [0.1, 0.15) is 44.4 Å². The van der Waals surface area contributed by atoms with Crippen molar-refractivity contribution >= 4 is 24.0 Å². The van der Waals surface area contributed by atoms with Crippen LogP contribution >= 0.6 is 0 Å². The number of aromatic nitrogens is 1. The zero-order chi connectivity index (χ0) is 28.4. The zero-order valence-electron chi connectivity index (χ0n) is 22.7. The van der Waals surface area contributed by atoms with Gasteiger partial charge in [0.05, 0.1) is 13.7 Å². The molecule has 2 aromatic heterocycles. The summed E-state index contributed by atoms with van der Waals surface area (Å²) in [6.45, 7) is 6.37. The van der Waals surface area contributed by atoms with Crippen LogP contribution in [0, 0.1) is 20.8 Å². The van der Waals surface area contributed by atoms with Crippen molar-refractivity contribution in [2.75, 3.05) is 7.11 Å². The maximum absolute atomic E-state index is 13.0. The molecule has 0 saturated carbocycles.